The minimum absolute atomic E-state index is 0.542. The maximum Gasteiger partial charge on any atom is 0.0739 e. The van der Waals surface area contributed by atoms with E-state index in [1.165, 1.54) is 44.1 Å². The Labute approximate surface area is 116 Å². The van der Waals surface area contributed by atoms with E-state index in [1.807, 2.05) is 13.0 Å². The lowest BCUT2D eigenvalue weighted by Crippen LogP contribution is -2.29. The van der Waals surface area contributed by atoms with E-state index in [-0.39, 0.29) is 0 Å². The topological polar surface area (TPSA) is 24.7 Å². The maximum atomic E-state index is 4.44. The van der Waals surface area contributed by atoms with Gasteiger partial charge in [-0.3, -0.25) is 0 Å². The normalized spacial score (nSPS) is 28.5. The summed E-state index contributed by atoms with van der Waals surface area (Å²) in [5.41, 5.74) is 2.33. The Balaban J connectivity index is 2.26. The molecule has 0 radical (unpaired) electrons. The Morgan fingerprint density at radius 1 is 1.26 bits per heavy atom. The molecule has 1 saturated carbocycles. The van der Waals surface area contributed by atoms with E-state index < -0.39 is 0 Å². The van der Waals surface area contributed by atoms with Crippen molar-refractivity contribution in [2.75, 3.05) is 0 Å². The summed E-state index contributed by atoms with van der Waals surface area (Å²) in [4.78, 5) is 0. The highest BCUT2D eigenvalue weighted by atomic mass is 15.2. The maximum absolute atomic E-state index is 4.44. The Hall–Kier alpha value is -1.44. The molecule has 2 unspecified atom stereocenters. The standard InChI is InChI=1S/C17H24N2/c1-3-9-14(10-4-2)17-16-12-8-6-5-7-11-15(16)13-18-19-17/h3-4,9-10,13,15-16H,1,5-8,11-12H2,2H3/b10-4-,14-9+. The molecule has 2 rings (SSSR count). The first kappa shape index (κ1) is 14.0. The molecule has 1 fully saturated rings. The molecule has 2 atom stereocenters. The molecule has 1 aliphatic heterocycles. The molecule has 0 aromatic heterocycles. The second-order valence-electron chi connectivity index (χ2n) is 5.37. The van der Waals surface area contributed by atoms with Gasteiger partial charge in [0.1, 0.15) is 0 Å². The van der Waals surface area contributed by atoms with Gasteiger partial charge in [-0.05, 0) is 25.3 Å². The van der Waals surface area contributed by atoms with Crippen molar-refractivity contribution >= 4 is 11.9 Å². The summed E-state index contributed by atoms with van der Waals surface area (Å²) >= 11 is 0. The first-order chi connectivity index (χ1) is 9.36. The summed E-state index contributed by atoms with van der Waals surface area (Å²) in [5, 5.41) is 8.70. The van der Waals surface area contributed by atoms with Crippen LogP contribution in [0.2, 0.25) is 0 Å². The fraction of sp³-hybridized carbons (Fsp3) is 0.529. The number of allylic oxidation sites excluding steroid dienone is 5. The molecule has 2 nitrogen and oxygen atoms in total. The zero-order valence-electron chi connectivity index (χ0n) is 11.9. The second kappa shape index (κ2) is 7.22. The smallest absolute Gasteiger partial charge is 0.0739 e. The van der Waals surface area contributed by atoms with E-state index in [2.05, 4.69) is 41.2 Å². The van der Waals surface area contributed by atoms with Crippen molar-refractivity contribution < 1.29 is 0 Å². The van der Waals surface area contributed by atoms with Crippen LogP contribution in [0.1, 0.15) is 45.4 Å². The molecule has 19 heavy (non-hydrogen) atoms. The lowest BCUT2D eigenvalue weighted by molar-refractivity contribution is 0.397. The molecule has 0 saturated heterocycles. The van der Waals surface area contributed by atoms with Gasteiger partial charge in [-0.25, -0.2) is 0 Å². The fourth-order valence-corrected chi connectivity index (χ4v) is 3.09. The molecule has 2 aliphatic rings. The molecule has 0 aromatic carbocycles. The molecule has 0 spiro atoms. The zero-order chi connectivity index (χ0) is 13.5. The van der Waals surface area contributed by atoms with Crippen LogP contribution in [0, 0.1) is 11.8 Å². The fourth-order valence-electron chi connectivity index (χ4n) is 3.09. The predicted molar refractivity (Wildman–Crippen MR) is 83.7 cm³/mol. The van der Waals surface area contributed by atoms with Gasteiger partial charge in [-0.2, -0.15) is 10.2 Å². The molecule has 2 heteroatoms. The molecular weight excluding hydrogens is 232 g/mol. The van der Waals surface area contributed by atoms with Gasteiger partial charge < -0.3 is 0 Å². The summed E-state index contributed by atoms with van der Waals surface area (Å²) in [6, 6.07) is 0. The van der Waals surface area contributed by atoms with Crippen LogP contribution in [-0.2, 0) is 0 Å². The van der Waals surface area contributed by atoms with Crippen LogP contribution < -0.4 is 0 Å². The van der Waals surface area contributed by atoms with Crippen LogP contribution in [-0.4, -0.2) is 11.9 Å². The Kier molecular flexibility index (Phi) is 5.31. The molecular formula is C17H24N2. The number of rotatable bonds is 3. The van der Waals surface area contributed by atoms with Gasteiger partial charge in [0.25, 0.3) is 0 Å². The molecule has 0 bridgehead atoms. The van der Waals surface area contributed by atoms with Gasteiger partial charge in [0, 0.05) is 18.1 Å². The van der Waals surface area contributed by atoms with Gasteiger partial charge in [0.15, 0.2) is 0 Å². The van der Waals surface area contributed by atoms with Crippen molar-refractivity contribution in [1.82, 2.24) is 0 Å². The SMILES string of the molecule is C=C/C=C(\C=C/C)C1=NN=CC2CCCCCCC12. The minimum atomic E-state index is 0.542. The minimum Gasteiger partial charge on any atom is -0.163 e. The summed E-state index contributed by atoms with van der Waals surface area (Å²) in [5.74, 6) is 1.12. The number of nitrogens with zero attached hydrogens (tertiary/aromatic N) is 2. The van der Waals surface area contributed by atoms with Gasteiger partial charge in [-0.15, -0.1) is 0 Å². The van der Waals surface area contributed by atoms with Crippen LogP contribution >= 0.6 is 0 Å². The van der Waals surface area contributed by atoms with Gasteiger partial charge >= 0.3 is 0 Å². The van der Waals surface area contributed by atoms with E-state index in [9.17, 15) is 0 Å². The predicted octanol–water partition coefficient (Wildman–Crippen LogP) is 4.70. The van der Waals surface area contributed by atoms with Gasteiger partial charge in [0.05, 0.1) is 5.71 Å². The molecule has 0 amide bonds. The van der Waals surface area contributed by atoms with Gasteiger partial charge in [0.2, 0.25) is 0 Å². The number of fused-ring (bicyclic) bond motifs is 1. The van der Waals surface area contributed by atoms with E-state index in [4.69, 9.17) is 0 Å². The number of hydrogen-bond donors (Lipinski definition) is 0. The monoisotopic (exact) mass is 256 g/mol. The third-order valence-electron chi connectivity index (χ3n) is 4.03. The molecule has 1 aliphatic carbocycles. The highest BCUT2D eigenvalue weighted by Gasteiger charge is 2.29. The molecule has 102 valence electrons. The Bertz CT molecular complexity index is 427. The average Bonchev–Trinajstić information content (AvgIpc) is 2.39. The van der Waals surface area contributed by atoms with Crippen molar-refractivity contribution in [2.24, 2.45) is 22.0 Å². The lowest BCUT2D eigenvalue weighted by Gasteiger charge is -2.29. The van der Waals surface area contributed by atoms with E-state index in [0.717, 1.165) is 5.71 Å². The van der Waals surface area contributed by atoms with E-state index in [0.29, 0.717) is 11.8 Å². The van der Waals surface area contributed by atoms with Crippen molar-refractivity contribution in [3.63, 3.8) is 0 Å². The van der Waals surface area contributed by atoms with Crippen molar-refractivity contribution in [3.8, 4) is 0 Å². The molecule has 0 aromatic rings. The Morgan fingerprint density at radius 3 is 2.79 bits per heavy atom. The van der Waals surface area contributed by atoms with E-state index in [1.54, 1.807) is 0 Å². The van der Waals surface area contributed by atoms with Crippen molar-refractivity contribution in [2.45, 2.75) is 45.4 Å². The Morgan fingerprint density at radius 2 is 2.05 bits per heavy atom. The summed E-state index contributed by atoms with van der Waals surface area (Å²) < 4.78 is 0. The van der Waals surface area contributed by atoms with Crippen LogP contribution in [0.25, 0.3) is 0 Å². The number of hydrogen-bond acceptors (Lipinski definition) is 2. The quantitative estimate of drug-likeness (QED) is 0.654. The third kappa shape index (κ3) is 3.52. The van der Waals surface area contributed by atoms with Crippen LogP contribution in [0.15, 0.2) is 46.7 Å². The first-order valence-electron chi connectivity index (χ1n) is 7.43. The summed E-state index contributed by atoms with van der Waals surface area (Å²) in [6.45, 7) is 5.85. The van der Waals surface area contributed by atoms with Gasteiger partial charge in [-0.1, -0.05) is 56.6 Å². The second-order valence-corrected chi connectivity index (χ2v) is 5.37. The van der Waals surface area contributed by atoms with Crippen molar-refractivity contribution in [3.05, 3.63) is 36.5 Å². The zero-order valence-corrected chi connectivity index (χ0v) is 11.9. The van der Waals surface area contributed by atoms with Crippen LogP contribution in [0.5, 0.6) is 0 Å². The largest absolute Gasteiger partial charge is 0.163 e. The lowest BCUT2D eigenvalue weighted by atomic mass is 9.77. The van der Waals surface area contributed by atoms with E-state index >= 15 is 0 Å². The van der Waals surface area contributed by atoms with Crippen molar-refractivity contribution in [1.29, 1.82) is 0 Å². The molecule has 0 N–H and O–H groups in total. The molecule has 1 heterocycles. The summed E-state index contributed by atoms with van der Waals surface area (Å²) in [7, 11) is 0. The third-order valence-corrected chi connectivity index (χ3v) is 4.03. The average molecular weight is 256 g/mol. The van der Waals surface area contributed by atoms with Crippen LogP contribution in [0.4, 0.5) is 0 Å². The summed E-state index contributed by atoms with van der Waals surface area (Å²) in [6.07, 6.45) is 18.0. The highest BCUT2D eigenvalue weighted by Crippen LogP contribution is 2.32. The van der Waals surface area contributed by atoms with Crippen LogP contribution in [0.3, 0.4) is 0 Å². The first-order valence-corrected chi connectivity index (χ1v) is 7.43. The highest BCUT2D eigenvalue weighted by molar-refractivity contribution is 6.06.